The molecule has 0 radical (unpaired) electrons. The van der Waals surface area contributed by atoms with Gasteiger partial charge in [0.15, 0.2) is 17.6 Å². The van der Waals surface area contributed by atoms with E-state index in [1.807, 2.05) is 24.3 Å². The molecule has 2 aromatic rings. The smallest absolute Gasteiger partial charge is 0.183 e. The van der Waals surface area contributed by atoms with Gasteiger partial charge in [0.25, 0.3) is 0 Å². The maximum atomic E-state index is 9.24. The van der Waals surface area contributed by atoms with Crippen molar-refractivity contribution in [1.82, 2.24) is 14.9 Å². The number of aromatic nitrogens is 2. The largest absolute Gasteiger partial charge is 0.387 e. The van der Waals surface area contributed by atoms with Gasteiger partial charge in [0.1, 0.15) is 6.07 Å². The van der Waals surface area contributed by atoms with Crippen LogP contribution < -0.4 is 4.90 Å². The number of nitrogens with zero attached hydrogens (tertiary/aromatic N) is 6. The number of nitriles is 1. The molecule has 0 bridgehead atoms. The molecular weight excluding hydrogens is 376 g/mol. The Morgan fingerprint density at radius 1 is 1.21 bits per heavy atom. The van der Waals surface area contributed by atoms with E-state index in [-0.39, 0.29) is 12.1 Å². The first-order chi connectivity index (χ1) is 13.7. The Labute approximate surface area is 169 Å². The molecule has 2 atom stereocenters. The molecule has 1 fully saturated rings. The van der Waals surface area contributed by atoms with Crippen LogP contribution in [0, 0.1) is 11.3 Å². The molecule has 2 aliphatic rings. The second-order valence-electron chi connectivity index (χ2n) is 6.98. The fraction of sp³-hybridized carbons (Fsp3) is 0.400. The van der Waals surface area contributed by atoms with Crippen LogP contribution in [0.15, 0.2) is 41.8 Å². The Hall–Kier alpha value is -2.69. The molecule has 28 heavy (non-hydrogen) atoms. The number of oxime groups is 1. The zero-order valence-electron chi connectivity index (χ0n) is 15.6. The first kappa shape index (κ1) is 18.7. The zero-order chi connectivity index (χ0) is 19.5. The van der Waals surface area contributed by atoms with Crippen LogP contribution in [-0.4, -0.2) is 52.8 Å². The SMILES string of the molecule is CC(C1=NOC(c2cccc(Cl)c2)C1)N1CCN(c2nccnc2C#N)CC1. The molecule has 3 heterocycles. The van der Waals surface area contributed by atoms with Gasteiger partial charge in [-0.25, -0.2) is 9.97 Å². The van der Waals surface area contributed by atoms with E-state index in [9.17, 15) is 5.26 Å². The molecule has 2 unspecified atom stereocenters. The molecule has 4 rings (SSSR count). The predicted octanol–water partition coefficient (Wildman–Crippen LogP) is 3.03. The van der Waals surface area contributed by atoms with Gasteiger partial charge in [-0.05, 0) is 24.6 Å². The lowest BCUT2D eigenvalue weighted by Gasteiger charge is -2.38. The average Bonchev–Trinajstić information content (AvgIpc) is 3.24. The molecule has 2 aliphatic heterocycles. The van der Waals surface area contributed by atoms with E-state index in [0.717, 1.165) is 43.9 Å². The lowest BCUT2D eigenvalue weighted by Crippen LogP contribution is -2.52. The van der Waals surface area contributed by atoms with Crippen molar-refractivity contribution in [2.75, 3.05) is 31.1 Å². The molecule has 0 amide bonds. The maximum absolute atomic E-state index is 9.24. The highest BCUT2D eigenvalue weighted by Gasteiger charge is 2.31. The number of halogens is 1. The second kappa shape index (κ2) is 8.13. The Morgan fingerprint density at radius 3 is 2.75 bits per heavy atom. The fourth-order valence-electron chi connectivity index (χ4n) is 3.70. The van der Waals surface area contributed by atoms with Crippen molar-refractivity contribution in [2.45, 2.75) is 25.5 Å². The third-order valence-electron chi connectivity index (χ3n) is 5.34. The van der Waals surface area contributed by atoms with Crippen molar-refractivity contribution < 1.29 is 4.84 Å². The Bertz CT molecular complexity index is 919. The van der Waals surface area contributed by atoms with Crippen molar-refractivity contribution in [3.63, 3.8) is 0 Å². The molecule has 0 saturated carbocycles. The van der Waals surface area contributed by atoms with Crippen LogP contribution in [0.5, 0.6) is 0 Å². The van der Waals surface area contributed by atoms with Gasteiger partial charge in [-0.15, -0.1) is 0 Å². The minimum atomic E-state index is -0.0739. The molecule has 1 saturated heterocycles. The summed E-state index contributed by atoms with van der Waals surface area (Å²) in [5.41, 5.74) is 2.48. The summed E-state index contributed by atoms with van der Waals surface area (Å²) in [6.07, 6.45) is 3.88. The van der Waals surface area contributed by atoms with E-state index in [4.69, 9.17) is 16.4 Å². The Kier molecular flexibility index (Phi) is 5.42. The van der Waals surface area contributed by atoms with Gasteiger partial charge in [-0.1, -0.05) is 28.9 Å². The van der Waals surface area contributed by atoms with E-state index in [1.54, 1.807) is 12.4 Å². The van der Waals surface area contributed by atoms with E-state index in [0.29, 0.717) is 16.5 Å². The van der Waals surface area contributed by atoms with Crippen molar-refractivity contribution in [2.24, 2.45) is 5.16 Å². The molecule has 0 aliphatic carbocycles. The van der Waals surface area contributed by atoms with Crippen LogP contribution in [0.1, 0.15) is 30.7 Å². The highest BCUT2D eigenvalue weighted by Crippen LogP contribution is 2.30. The van der Waals surface area contributed by atoms with Crippen molar-refractivity contribution in [3.05, 3.63) is 52.9 Å². The Balaban J connectivity index is 1.36. The van der Waals surface area contributed by atoms with Crippen LogP contribution in [-0.2, 0) is 4.84 Å². The highest BCUT2D eigenvalue weighted by atomic mass is 35.5. The normalized spacial score (nSPS) is 21.0. The minimum Gasteiger partial charge on any atom is -0.387 e. The zero-order valence-corrected chi connectivity index (χ0v) is 16.4. The van der Waals surface area contributed by atoms with Crippen molar-refractivity contribution >= 4 is 23.1 Å². The maximum Gasteiger partial charge on any atom is 0.183 e. The standard InChI is InChI=1S/C20H21ClN6O/c1-14(17-12-19(28-25-17)15-3-2-4-16(21)11-15)26-7-9-27(10-8-26)20-18(13-22)23-5-6-24-20/h2-6,11,14,19H,7-10,12H2,1H3. The predicted molar refractivity (Wildman–Crippen MR) is 107 cm³/mol. The van der Waals surface area contributed by atoms with E-state index in [2.05, 4.69) is 37.9 Å². The summed E-state index contributed by atoms with van der Waals surface area (Å²) in [6, 6.07) is 10.1. The molecule has 8 heteroatoms. The molecule has 0 N–H and O–H groups in total. The van der Waals surface area contributed by atoms with Crippen molar-refractivity contribution in [1.29, 1.82) is 5.26 Å². The summed E-state index contributed by atoms with van der Waals surface area (Å²) < 4.78 is 0. The van der Waals surface area contributed by atoms with Crippen molar-refractivity contribution in [3.8, 4) is 6.07 Å². The summed E-state index contributed by atoms with van der Waals surface area (Å²) in [6.45, 7) is 5.49. The summed E-state index contributed by atoms with van der Waals surface area (Å²) in [5.74, 6) is 0.667. The first-order valence-corrected chi connectivity index (χ1v) is 9.71. The van der Waals surface area contributed by atoms with Crippen LogP contribution in [0.3, 0.4) is 0 Å². The summed E-state index contributed by atoms with van der Waals surface area (Å²) in [4.78, 5) is 18.6. The van der Waals surface area contributed by atoms with Gasteiger partial charge < -0.3 is 9.74 Å². The topological polar surface area (TPSA) is 77.6 Å². The van der Waals surface area contributed by atoms with E-state index < -0.39 is 0 Å². The fourth-order valence-corrected chi connectivity index (χ4v) is 3.90. The van der Waals surface area contributed by atoms with Gasteiger partial charge in [0.05, 0.1) is 5.71 Å². The number of hydrogen-bond donors (Lipinski definition) is 0. The summed E-state index contributed by atoms with van der Waals surface area (Å²) in [5, 5.41) is 14.3. The van der Waals surface area contributed by atoms with Crippen LogP contribution in [0.4, 0.5) is 5.82 Å². The highest BCUT2D eigenvalue weighted by molar-refractivity contribution is 6.30. The average molecular weight is 397 g/mol. The van der Waals surface area contributed by atoms with Gasteiger partial charge >= 0.3 is 0 Å². The third kappa shape index (κ3) is 3.79. The number of hydrogen-bond acceptors (Lipinski definition) is 7. The third-order valence-corrected chi connectivity index (χ3v) is 5.58. The van der Waals surface area contributed by atoms with Gasteiger partial charge in [-0.2, -0.15) is 5.26 Å². The minimum absolute atomic E-state index is 0.0739. The molecular formula is C20H21ClN6O. The number of piperazine rings is 1. The van der Waals surface area contributed by atoms with Crippen LogP contribution in [0.2, 0.25) is 5.02 Å². The van der Waals surface area contributed by atoms with Gasteiger partial charge in [0.2, 0.25) is 0 Å². The quantitative estimate of drug-likeness (QED) is 0.790. The Morgan fingerprint density at radius 2 is 2.00 bits per heavy atom. The van der Waals surface area contributed by atoms with Gasteiger partial charge in [0, 0.05) is 56.1 Å². The van der Waals surface area contributed by atoms with E-state index in [1.165, 1.54) is 0 Å². The molecule has 144 valence electrons. The van der Waals surface area contributed by atoms with E-state index >= 15 is 0 Å². The number of anilines is 1. The molecule has 0 spiro atoms. The molecule has 1 aromatic carbocycles. The number of rotatable bonds is 4. The van der Waals surface area contributed by atoms with Gasteiger partial charge in [-0.3, -0.25) is 4.90 Å². The number of benzene rings is 1. The first-order valence-electron chi connectivity index (χ1n) is 9.34. The molecule has 7 nitrogen and oxygen atoms in total. The summed E-state index contributed by atoms with van der Waals surface area (Å²) in [7, 11) is 0. The van der Waals surface area contributed by atoms with Crippen LogP contribution in [0.25, 0.3) is 0 Å². The summed E-state index contributed by atoms with van der Waals surface area (Å²) >= 11 is 6.09. The second-order valence-corrected chi connectivity index (χ2v) is 7.41. The lowest BCUT2D eigenvalue weighted by molar-refractivity contribution is 0.0856. The lowest BCUT2D eigenvalue weighted by atomic mass is 10.0. The van der Waals surface area contributed by atoms with Crippen LogP contribution >= 0.6 is 11.6 Å². The monoisotopic (exact) mass is 396 g/mol. The molecule has 1 aromatic heterocycles.